The van der Waals surface area contributed by atoms with Crippen molar-refractivity contribution in [2.24, 2.45) is 0 Å². The van der Waals surface area contributed by atoms with E-state index >= 15 is 0 Å². The largest absolute Gasteiger partial charge is 0.507 e. The van der Waals surface area contributed by atoms with Crippen LogP contribution in [0.3, 0.4) is 0 Å². The second-order valence-electron chi connectivity index (χ2n) is 9.01. The van der Waals surface area contributed by atoms with Gasteiger partial charge in [-0.25, -0.2) is 4.98 Å². The molecule has 1 N–H and O–H groups in total. The molecule has 2 aromatic carbocycles. The number of aliphatic hydroxyl groups excluding tert-OH is 1. The van der Waals surface area contributed by atoms with E-state index in [2.05, 4.69) is 11.6 Å². The highest BCUT2D eigenvalue weighted by molar-refractivity contribution is 6.46. The minimum Gasteiger partial charge on any atom is -0.507 e. The van der Waals surface area contributed by atoms with Crippen LogP contribution in [0.4, 0.5) is 0 Å². The lowest BCUT2D eigenvalue weighted by atomic mass is 9.95. The zero-order valence-corrected chi connectivity index (χ0v) is 21.0. The van der Waals surface area contributed by atoms with Gasteiger partial charge in [0.2, 0.25) is 0 Å². The van der Waals surface area contributed by atoms with E-state index < -0.39 is 17.7 Å². The first-order valence-electron chi connectivity index (χ1n) is 12.2. The van der Waals surface area contributed by atoms with Gasteiger partial charge in [-0.15, -0.1) is 0 Å². The molecule has 37 heavy (non-hydrogen) atoms. The highest BCUT2D eigenvalue weighted by Crippen LogP contribution is 2.40. The molecule has 2 heterocycles. The van der Waals surface area contributed by atoms with Gasteiger partial charge in [0.25, 0.3) is 11.7 Å². The number of carbonyl (C=O) groups excluding carboxylic acids is 2. The Kier molecular flexibility index (Phi) is 8.08. The van der Waals surface area contributed by atoms with E-state index in [1.807, 2.05) is 36.7 Å². The summed E-state index contributed by atoms with van der Waals surface area (Å²) in [5.74, 6) is -0.272. The molecule has 1 atom stereocenters. The average molecular weight is 502 g/mol. The second kappa shape index (κ2) is 11.6. The Bertz CT molecular complexity index is 1260. The molecule has 0 spiro atoms. The van der Waals surface area contributed by atoms with Crippen LogP contribution >= 0.6 is 0 Å². The fraction of sp³-hybridized carbons (Fsp3) is 0.276. The Balaban J connectivity index is 1.68. The Morgan fingerprint density at radius 3 is 2.41 bits per heavy atom. The van der Waals surface area contributed by atoms with Crippen LogP contribution in [0.15, 0.2) is 85.5 Å². The maximum atomic E-state index is 13.2. The molecule has 0 bridgehead atoms. The van der Waals surface area contributed by atoms with Gasteiger partial charge in [0.15, 0.2) is 0 Å². The normalized spacial score (nSPS) is 16.8. The summed E-state index contributed by atoms with van der Waals surface area (Å²) in [6.45, 7) is 8.84. The molecule has 8 nitrogen and oxygen atoms in total. The molecule has 1 fully saturated rings. The molecule has 3 aromatic rings. The Morgan fingerprint density at radius 1 is 1.08 bits per heavy atom. The molecule has 0 aliphatic carbocycles. The van der Waals surface area contributed by atoms with Gasteiger partial charge in [-0.05, 0) is 62.2 Å². The molecule has 1 saturated heterocycles. The number of rotatable bonds is 11. The van der Waals surface area contributed by atoms with Gasteiger partial charge in [-0.2, -0.15) is 0 Å². The van der Waals surface area contributed by atoms with E-state index in [0.717, 1.165) is 0 Å². The van der Waals surface area contributed by atoms with Crippen molar-refractivity contribution in [3.8, 4) is 11.5 Å². The minimum absolute atomic E-state index is 0.00512. The third-order valence-corrected chi connectivity index (χ3v) is 5.98. The standard InChI is InChI=1S/C29H31N3O5/c1-4-18-36-23-10-6-21(7-11-23)26-25(27(33)22-8-12-24(13-9-22)37-20(2)3)28(34)29(35)32(26)16-5-15-31-17-14-30-19-31/h4,6-14,17,19-20,26,33H,1,5,15-16,18H2,2-3H3/t26-/m0/s1. The maximum absolute atomic E-state index is 13.2. The number of ether oxygens (including phenoxy) is 2. The van der Waals surface area contributed by atoms with E-state index in [0.29, 0.717) is 48.7 Å². The summed E-state index contributed by atoms with van der Waals surface area (Å²) in [6.07, 6.45) is 7.52. The smallest absolute Gasteiger partial charge is 0.295 e. The number of likely N-dealkylation sites (tertiary alicyclic amines) is 1. The van der Waals surface area contributed by atoms with E-state index in [1.165, 1.54) is 4.90 Å². The van der Waals surface area contributed by atoms with Gasteiger partial charge < -0.3 is 24.0 Å². The van der Waals surface area contributed by atoms with Gasteiger partial charge in [-0.3, -0.25) is 9.59 Å². The van der Waals surface area contributed by atoms with Crippen molar-refractivity contribution in [1.82, 2.24) is 14.5 Å². The Morgan fingerprint density at radius 2 is 1.78 bits per heavy atom. The molecule has 0 unspecified atom stereocenters. The molecule has 4 rings (SSSR count). The first-order valence-corrected chi connectivity index (χ1v) is 12.2. The van der Waals surface area contributed by atoms with Crippen molar-refractivity contribution in [2.75, 3.05) is 13.2 Å². The molecule has 1 aliphatic heterocycles. The summed E-state index contributed by atoms with van der Waals surface area (Å²) in [5, 5.41) is 11.3. The Labute approximate surface area is 216 Å². The number of hydrogen-bond donors (Lipinski definition) is 1. The lowest BCUT2D eigenvalue weighted by molar-refractivity contribution is -0.139. The second-order valence-corrected chi connectivity index (χ2v) is 9.01. The molecule has 1 aliphatic rings. The number of aryl methyl sites for hydroxylation is 1. The number of aromatic nitrogens is 2. The van der Waals surface area contributed by atoms with Crippen LogP contribution < -0.4 is 9.47 Å². The zero-order chi connectivity index (χ0) is 26.4. The van der Waals surface area contributed by atoms with Crippen molar-refractivity contribution in [2.45, 2.75) is 39.0 Å². The summed E-state index contributed by atoms with van der Waals surface area (Å²) >= 11 is 0. The third-order valence-electron chi connectivity index (χ3n) is 5.98. The van der Waals surface area contributed by atoms with Crippen LogP contribution in [-0.4, -0.2) is 50.5 Å². The maximum Gasteiger partial charge on any atom is 0.295 e. The van der Waals surface area contributed by atoms with Crippen molar-refractivity contribution < 1.29 is 24.2 Å². The van der Waals surface area contributed by atoms with Crippen molar-refractivity contribution in [3.05, 3.63) is 96.6 Å². The summed E-state index contributed by atoms with van der Waals surface area (Å²) in [5.41, 5.74) is 1.20. The SMILES string of the molecule is C=CCOc1ccc([C@H]2C(=C(O)c3ccc(OC(C)C)cc3)C(=O)C(=O)N2CCCn2ccnc2)cc1. The van der Waals surface area contributed by atoms with E-state index in [9.17, 15) is 14.7 Å². The topological polar surface area (TPSA) is 93.9 Å². The van der Waals surface area contributed by atoms with Crippen LogP contribution in [0.1, 0.15) is 37.4 Å². The molecule has 0 radical (unpaired) electrons. The fourth-order valence-corrected chi connectivity index (χ4v) is 4.32. The molecular formula is C29H31N3O5. The molecule has 1 aromatic heterocycles. The molecular weight excluding hydrogens is 470 g/mol. The predicted octanol–water partition coefficient (Wildman–Crippen LogP) is 4.75. The molecule has 192 valence electrons. The van der Waals surface area contributed by atoms with Crippen LogP contribution in [0.2, 0.25) is 0 Å². The van der Waals surface area contributed by atoms with Crippen molar-refractivity contribution >= 4 is 17.4 Å². The lowest BCUT2D eigenvalue weighted by Crippen LogP contribution is -2.31. The first kappa shape index (κ1) is 25.8. The minimum atomic E-state index is -0.733. The number of amides is 1. The van der Waals surface area contributed by atoms with Crippen molar-refractivity contribution in [1.29, 1.82) is 0 Å². The number of imidazole rings is 1. The number of aliphatic hydroxyl groups is 1. The number of ketones is 1. The fourth-order valence-electron chi connectivity index (χ4n) is 4.32. The summed E-state index contributed by atoms with van der Waals surface area (Å²) in [7, 11) is 0. The predicted molar refractivity (Wildman–Crippen MR) is 140 cm³/mol. The van der Waals surface area contributed by atoms with Gasteiger partial charge >= 0.3 is 0 Å². The molecule has 8 heteroatoms. The highest BCUT2D eigenvalue weighted by atomic mass is 16.5. The van der Waals surface area contributed by atoms with Crippen molar-refractivity contribution in [3.63, 3.8) is 0 Å². The summed E-state index contributed by atoms with van der Waals surface area (Å²) in [4.78, 5) is 32.0. The summed E-state index contributed by atoms with van der Waals surface area (Å²) < 4.78 is 13.2. The number of nitrogens with zero attached hydrogens (tertiary/aromatic N) is 3. The van der Waals surface area contributed by atoms with Gasteiger partial charge in [0.05, 0.1) is 24.0 Å². The van der Waals surface area contributed by atoms with Gasteiger partial charge in [0.1, 0.15) is 23.9 Å². The lowest BCUT2D eigenvalue weighted by Gasteiger charge is -2.25. The number of hydrogen-bond acceptors (Lipinski definition) is 6. The third kappa shape index (κ3) is 5.91. The van der Waals surface area contributed by atoms with E-state index in [4.69, 9.17) is 9.47 Å². The number of Topliss-reactive ketones (excluding diaryl/α,β-unsaturated/α-hetero) is 1. The quantitative estimate of drug-likeness (QED) is 0.176. The number of benzene rings is 2. The van der Waals surface area contributed by atoms with Crippen LogP contribution in [0.5, 0.6) is 11.5 Å². The summed E-state index contributed by atoms with van der Waals surface area (Å²) in [6, 6.07) is 13.3. The molecule has 0 saturated carbocycles. The van der Waals surface area contributed by atoms with E-state index in [1.54, 1.807) is 55.0 Å². The average Bonchev–Trinajstić information content (AvgIpc) is 3.50. The van der Waals surface area contributed by atoms with Crippen LogP contribution in [0, 0.1) is 0 Å². The Hall–Kier alpha value is -4.33. The number of carbonyl (C=O) groups is 2. The first-order chi connectivity index (χ1) is 17.9. The molecule has 1 amide bonds. The van der Waals surface area contributed by atoms with Crippen LogP contribution in [0.25, 0.3) is 5.76 Å². The van der Waals surface area contributed by atoms with Gasteiger partial charge in [0, 0.05) is 31.0 Å². The van der Waals surface area contributed by atoms with E-state index in [-0.39, 0.29) is 17.4 Å². The monoisotopic (exact) mass is 501 g/mol. The highest BCUT2D eigenvalue weighted by Gasteiger charge is 2.45. The van der Waals surface area contributed by atoms with Crippen LogP contribution in [-0.2, 0) is 16.1 Å². The van der Waals surface area contributed by atoms with Gasteiger partial charge in [-0.1, -0.05) is 24.8 Å². The zero-order valence-electron chi connectivity index (χ0n) is 21.0.